The van der Waals surface area contributed by atoms with Crippen molar-refractivity contribution in [2.24, 2.45) is 0 Å². The molecule has 0 radical (unpaired) electrons. The Hall–Kier alpha value is -3.54. The highest BCUT2D eigenvalue weighted by Gasteiger charge is 2.38. The second-order valence-electron chi connectivity index (χ2n) is 8.57. The van der Waals surface area contributed by atoms with Gasteiger partial charge in [-0.25, -0.2) is 0 Å². The van der Waals surface area contributed by atoms with E-state index in [0.29, 0.717) is 43.7 Å². The van der Waals surface area contributed by atoms with E-state index in [1.54, 1.807) is 14.2 Å². The summed E-state index contributed by atoms with van der Waals surface area (Å²) in [6.45, 7) is 0.349. The quantitative estimate of drug-likeness (QED) is 0.518. The van der Waals surface area contributed by atoms with E-state index in [4.69, 9.17) is 9.47 Å². The van der Waals surface area contributed by atoms with Gasteiger partial charge in [0.1, 0.15) is 0 Å². The number of carbonyl (C=O) groups is 2. The lowest BCUT2D eigenvalue weighted by atomic mass is 9.83. The Morgan fingerprint density at radius 1 is 1.00 bits per heavy atom. The van der Waals surface area contributed by atoms with Crippen LogP contribution in [0.5, 0.6) is 11.5 Å². The fourth-order valence-corrected chi connectivity index (χ4v) is 4.72. The number of amides is 2. The van der Waals surface area contributed by atoms with E-state index in [2.05, 4.69) is 41.0 Å². The molecule has 0 spiro atoms. The number of hydrogen-bond donors (Lipinski definition) is 2. The van der Waals surface area contributed by atoms with Crippen LogP contribution in [0.1, 0.15) is 36.8 Å². The summed E-state index contributed by atoms with van der Waals surface area (Å²) < 4.78 is 10.8. The lowest BCUT2D eigenvalue weighted by molar-refractivity contribution is -0.122. The smallest absolute Gasteiger partial charge is 0.220 e. The maximum absolute atomic E-state index is 12.7. The summed E-state index contributed by atoms with van der Waals surface area (Å²) in [7, 11) is 3.18. The molecule has 33 heavy (non-hydrogen) atoms. The maximum atomic E-state index is 12.7. The number of hydrogen-bond acceptors (Lipinski definition) is 4. The minimum absolute atomic E-state index is 0.0526. The molecule has 3 aromatic carbocycles. The Morgan fingerprint density at radius 3 is 2.52 bits per heavy atom. The zero-order valence-electron chi connectivity index (χ0n) is 19.1. The van der Waals surface area contributed by atoms with Gasteiger partial charge in [-0.05, 0) is 41.7 Å². The van der Waals surface area contributed by atoms with Crippen LogP contribution in [0.3, 0.4) is 0 Å². The molecule has 0 aliphatic carbocycles. The monoisotopic (exact) mass is 446 g/mol. The standard InChI is InChI=1S/C27H30N2O4/c1-32-23-12-6-10-21(26(23)33-2)18-28-24(30)13-15-27(16-14-25(31)29-27)17-20-9-5-8-19-7-3-4-11-22(19)20/h3-12H,13-18H2,1-2H3,(H,28,30)(H,29,31)/t27-/m0/s1. The van der Waals surface area contributed by atoms with Crippen molar-refractivity contribution in [1.82, 2.24) is 10.6 Å². The summed E-state index contributed by atoms with van der Waals surface area (Å²) in [4.78, 5) is 24.9. The molecule has 1 saturated heterocycles. The summed E-state index contributed by atoms with van der Waals surface area (Å²) >= 11 is 0. The lowest BCUT2D eigenvalue weighted by Gasteiger charge is -2.30. The number of benzene rings is 3. The zero-order chi connectivity index (χ0) is 23.3. The van der Waals surface area contributed by atoms with Crippen LogP contribution >= 0.6 is 0 Å². The Balaban J connectivity index is 1.43. The second kappa shape index (κ2) is 9.94. The minimum atomic E-state index is -0.411. The van der Waals surface area contributed by atoms with Crippen LogP contribution in [0, 0.1) is 0 Å². The van der Waals surface area contributed by atoms with Crippen molar-refractivity contribution >= 4 is 22.6 Å². The molecule has 1 heterocycles. The number of fused-ring (bicyclic) bond motifs is 1. The van der Waals surface area contributed by atoms with Crippen LogP contribution in [0.4, 0.5) is 0 Å². The first kappa shape index (κ1) is 22.6. The Kier molecular flexibility index (Phi) is 6.82. The molecule has 2 N–H and O–H groups in total. The Labute approximate surface area is 194 Å². The normalized spacial score (nSPS) is 17.6. The Morgan fingerprint density at radius 2 is 1.76 bits per heavy atom. The molecule has 0 bridgehead atoms. The number of ether oxygens (including phenoxy) is 2. The van der Waals surface area contributed by atoms with Crippen molar-refractivity contribution < 1.29 is 19.1 Å². The third-order valence-electron chi connectivity index (χ3n) is 6.44. The molecule has 0 saturated carbocycles. The second-order valence-corrected chi connectivity index (χ2v) is 8.57. The van der Waals surface area contributed by atoms with E-state index in [9.17, 15) is 9.59 Å². The molecule has 2 amide bonds. The van der Waals surface area contributed by atoms with Crippen molar-refractivity contribution in [3.8, 4) is 11.5 Å². The fourth-order valence-electron chi connectivity index (χ4n) is 4.72. The van der Waals surface area contributed by atoms with Gasteiger partial charge in [0.25, 0.3) is 0 Å². The molecular formula is C27H30N2O4. The summed E-state index contributed by atoms with van der Waals surface area (Å²) in [5.74, 6) is 1.25. The predicted octanol–water partition coefficient (Wildman–Crippen LogP) is 4.14. The molecule has 3 aromatic rings. The molecule has 172 valence electrons. The number of carbonyl (C=O) groups excluding carboxylic acids is 2. The van der Waals surface area contributed by atoms with E-state index >= 15 is 0 Å². The van der Waals surface area contributed by atoms with Gasteiger partial charge < -0.3 is 20.1 Å². The first-order valence-electron chi connectivity index (χ1n) is 11.3. The highest BCUT2D eigenvalue weighted by molar-refractivity contribution is 5.86. The van der Waals surface area contributed by atoms with Gasteiger partial charge in [-0.1, -0.05) is 54.6 Å². The van der Waals surface area contributed by atoms with Crippen LogP contribution < -0.4 is 20.1 Å². The van der Waals surface area contributed by atoms with E-state index in [1.165, 1.54) is 16.3 Å². The minimum Gasteiger partial charge on any atom is -0.493 e. The summed E-state index contributed by atoms with van der Waals surface area (Å²) in [6.07, 6.45) is 2.84. The number of para-hydroxylation sites is 1. The van der Waals surface area contributed by atoms with Crippen LogP contribution in [0.25, 0.3) is 10.8 Å². The van der Waals surface area contributed by atoms with E-state index < -0.39 is 5.54 Å². The molecular weight excluding hydrogens is 416 g/mol. The molecule has 1 fully saturated rings. The Bertz CT molecular complexity index is 1150. The van der Waals surface area contributed by atoms with E-state index in [-0.39, 0.29) is 11.8 Å². The van der Waals surface area contributed by atoms with Crippen LogP contribution in [-0.4, -0.2) is 31.6 Å². The molecule has 6 nitrogen and oxygen atoms in total. The molecule has 0 aromatic heterocycles. The lowest BCUT2D eigenvalue weighted by Crippen LogP contribution is -2.44. The highest BCUT2D eigenvalue weighted by atomic mass is 16.5. The predicted molar refractivity (Wildman–Crippen MR) is 128 cm³/mol. The van der Waals surface area contributed by atoms with E-state index in [0.717, 1.165) is 12.0 Å². The summed E-state index contributed by atoms with van der Waals surface area (Å²) in [6, 6.07) is 20.1. The van der Waals surface area contributed by atoms with Crippen molar-refractivity contribution in [3.63, 3.8) is 0 Å². The SMILES string of the molecule is COc1cccc(CNC(=O)CC[C@@]2(Cc3cccc4ccccc34)CCC(=O)N2)c1OC. The van der Waals surface area contributed by atoms with Crippen molar-refractivity contribution in [3.05, 3.63) is 71.8 Å². The number of methoxy groups -OCH3 is 2. The van der Waals surface area contributed by atoms with Gasteiger partial charge in [0.2, 0.25) is 11.8 Å². The highest BCUT2D eigenvalue weighted by Crippen LogP contribution is 2.33. The first-order chi connectivity index (χ1) is 16.0. The van der Waals surface area contributed by atoms with Crippen LogP contribution in [0.2, 0.25) is 0 Å². The van der Waals surface area contributed by atoms with Gasteiger partial charge in [-0.3, -0.25) is 9.59 Å². The topological polar surface area (TPSA) is 76.7 Å². The van der Waals surface area contributed by atoms with Crippen molar-refractivity contribution in [2.75, 3.05) is 14.2 Å². The van der Waals surface area contributed by atoms with Gasteiger partial charge >= 0.3 is 0 Å². The van der Waals surface area contributed by atoms with Crippen LogP contribution in [-0.2, 0) is 22.6 Å². The maximum Gasteiger partial charge on any atom is 0.220 e. The molecule has 6 heteroatoms. The van der Waals surface area contributed by atoms with Gasteiger partial charge in [-0.2, -0.15) is 0 Å². The third-order valence-corrected chi connectivity index (χ3v) is 6.44. The average Bonchev–Trinajstić information content (AvgIpc) is 3.21. The summed E-state index contributed by atoms with van der Waals surface area (Å²) in [5.41, 5.74) is 1.63. The number of nitrogens with one attached hydrogen (secondary N) is 2. The van der Waals surface area contributed by atoms with E-state index in [1.807, 2.05) is 30.3 Å². The fraction of sp³-hybridized carbons (Fsp3) is 0.333. The molecule has 1 atom stereocenters. The van der Waals surface area contributed by atoms with Gasteiger partial charge in [0, 0.05) is 30.5 Å². The van der Waals surface area contributed by atoms with Gasteiger partial charge in [0.15, 0.2) is 11.5 Å². The first-order valence-corrected chi connectivity index (χ1v) is 11.3. The largest absolute Gasteiger partial charge is 0.493 e. The molecule has 4 rings (SSSR count). The molecule has 1 aliphatic heterocycles. The molecule has 1 aliphatic rings. The van der Waals surface area contributed by atoms with Crippen molar-refractivity contribution in [2.45, 2.75) is 44.2 Å². The molecule has 0 unspecified atom stereocenters. The van der Waals surface area contributed by atoms with Crippen LogP contribution in [0.15, 0.2) is 60.7 Å². The zero-order valence-corrected chi connectivity index (χ0v) is 19.1. The summed E-state index contributed by atoms with van der Waals surface area (Å²) in [5, 5.41) is 8.54. The number of rotatable bonds is 9. The van der Waals surface area contributed by atoms with Gasteiger partial charge in [-0.15, -0.1) is 0 Å². The third kappa shape index (κ3) is 5.11. The van der Waals surface area contributed by atoms with Crippen molar-refractivity contribution in [1.29, 1.82) is 0 Å². The van der Waals surface area contributed by atoms with Gasteiger partial charge in [0.05, 0.1) is 14.2 Å². The average molecular weight is 447 g/mol.